The fraction of sp³-hybridized carbons (Fsp3) is 0.560. The number of amides is 1. The summed E-state index contributed by atoms with van der Waals surface area (Å²) in [5.41, 5.74) is 2.20. The van der Waals surface area contributed by atoms with Crippen molar-refractivity contribution in [3.8, 4) is 0 Å². The van der Waals surface area contributed by atoms with Crippen LogP contribution in [0.5, 0.6) is 0 Å². The molecular weight excluding hydrogens is 476 g/mol. The van der Waals surface area contributed by atoms with E-state index >= 15 is 0 Å². The minimum Gasteiger partial charge on any atom is -0.378 e. The van der Waals surface area contributed by atoms with Gasteiger partial charge < -0.3 is 30.1 Å². The molecule has 2 N–H and O–H groups in total. The maximum absolute atomic E-state index is 12.8. The fourth-order valence-corrected chi connectivity index (χ4v) is 5.18. The van der Waals surface area contributed by atoms with Crippen LogP contribution in [0.1, 0.15) is 0 Å². The van der Waals surface area contributed by atoms with Gasteiger partial charge in [0.2, 0.25) is 5.91 Å². The number of rotatable bonds is 7. The molecule has 0 saturated carbocycles. The van der Waals surface area contributed by atoms with Crippen LogP contribution in [0.15, 0.2) is 35.5 Å². The molecule has 11 heteroatoms. The molecule has 3 fully saturated rings. The lowest BCUT2D eigenvalue weighted by Gasteiger charge is -2.37. The second-order valence-corrected chi connectivity index (χ2v) is 10.0. The maximum atomic E-state index is 12.8. The van der Waals surface area contributed by atoms with E-state index in [1.807, 2.05) is 17.2 Å². The summed E-state index contributed by atoms with van der Waals surface area (Å²) in [5, 5.41) is 7.52. The molecule has 3 aliphatic heterocycles. The summed E-state index contributed by atoms with van der Waals surface area (Å²) in [6.07, 6.45) is 1.99. The van der Waals surface area contributed by atoms with Crippen molar-refractivity contribution in [3.05, 3.63) is 30.3 Å². The molecule has 0 aliphatic carbocycles. The number of piperazine rings is 2. The minimum absolute atomic E-state index is 0.229. The Morgan fingerprint density at radius 2 is 1.69 bits per heavy atom. The Labute approximate surface area is 217 Å². The van der Waals surface area contributed by atoms with Crippen molar-refractivity contribution in [1.29, 1.82) is 0 Å². The summed E-state index contributed by atoms with van der Waals surface area (Å²) in [7, 11) is 0. The summed E-state index contributed by atoms with van der Waals surface area (Å²) in [6, 6.07) is 10.5. The van der Waals surface area contributed by atoms with Gasteiger partial charge in [0.05, 0.1) is 19.8 Å². The first kappa shape index (κ1) is 25.1. The number of hydrogen-bond acceptors (Lipinski definition) is 10. The number of morpholine rings is 1. The summed E-state index contributed by atoms with van der Waals surface area (Å²) in [5.74, 6) is 1.91. The van der Waals surface area contributed by atoms with E-state index < -0.39 is 0 Å². The van der Waals surface area contributed by atoms with Crippen LogP contribution in [0.4, 0.5) is 23.0 Å². The highest BCUT2D eigenvalue weighted by Crippen LogP contribution is 2.26. The van der Waals surface area contributed by atoms with E-state index in [-0.39, 0.29) is 5.91 Å². The minimum atomic E-state index is 0.229. The van der Waals surface area contributed by atoms with Crippen molar-refractivity contribution in [3.63, 3.8) is 0 Å². The lowest BCUT2D eigenvalue weighted by molar-refractivity contribution is -0.132. The predicted molar refractivity (Wildman–Crippen MR) is 145 cm³/mol. The zero-order valence-electron chi connectivity index (χ0n) is 21.0. The average molecular weight is 513 g/mol. The maximum Gasteiger partial charge on any atom is 0.236 e. The van der Waals surface area contributed by atoms with Crippen LogP contribution in [-0.4, -0.2) is 117 Å². The quantitative estimate of drug-likeness (QED) is 0.418. The normalized spacial score (nSPS) is 19.4. The third-order valence-corrected chi connectivity index (χ3v) is 7.46. The molecule has 0 radical (unpaired) electrons. The van der Waals surface area contributed by atoms with Crippen LogP contribution in [0.2, 0.25) is 0 Å². The molecule has 3 saturated heterocycles. The molecule has 194 valence electrons. The summed E-state index contributed by atoms with van der Waals surface area (Å²) in [4.78, 5) is 31.0. The zero-order chi connectivity index (χ0) is 24.7. The van der Waals surface area contributed by atoms with Gasteiger partial charge in [-0.05, 0) is 30.5 Å². The van der Waals surface area contributed by atoms with Gasteiger partial charge >= 0.3 is 0 Å². The number of nitrogens with one attached hydrogen (secondary N) is 2. The molecule has 5 rings (SSSR count). The number of carbonyl (C=O) groups excluding carboxylic acids is 1. The van der Waals surface area contributed by atoms with Crippen molar-refractivity contribution in [2.24, 2.45) is 0 Å². The first-order chi connectivity index (χ1) is 17.7. The number of anilines is 4. The van der Waals surface area contributed by atoms with Gasteiger partial charge in [0.1, 0.15) is 11.6 Å². The van der Waals surface area contributed by atoms with Crippen LogP contribution in [0, 0.1) is 0 Å². The molecule has 36 heavy (non-hydrogen) atoms. The molecule has 10 nitrogen and oxygen atoms in total. The molecule has 1 aromatic carbocycles. The Bertz CT molecular complexity index is 1000. The van der Waals surface area contributed by atoms with Gasteiger partial charge in [0.15, 0.2) is 5.16 Å². The Kier molecular flexibility index (Phi) is 8.42. The van der Waals surface area contributed by atoms with Gasteiger partial charge in [-0.25, -0.2) is 9.97 Å². The van der Waals surface area contributed by atoms with Crippen molar-refractivity contribution in [1.82, 2.24) is 25.1 Å². The van der Waals surface area contributed by atoms with Crippen molar-refractivity contribution in [2.75, 3.05) is 107 Å². The van der Waals surface area contributed by atoms with Crippen LogP contribution >= 0.6 is 11.8 Å². The fourth-order valence-electron chi connectivity index (χ4n) is 4.80. The highest BCUT2D eigenvalue weighted by molar-refractivity contribution is 7.98. The van der Waals surface area contributed by atoms with Gasteiger partial charge in [0.25, 0.3) is 0 Å². The van der Waals surface area contributed by atoms with E-state index in [2.05, 4.69) is 54.6 Å². The zero-order valence-corrected chi connectivity index (χ0v) is 21.8. The molecule has 0 spiro atoms. The molecule has 1 amide bonds. The summed E-state index contributed by atoms with van der Waals surface area (Å²) in [6.45, 7) is 10.7. The van der Waals surface area contributed by atoms with E-state index in [1.54, 1.807) is 0 Å². The standard InChI is InChI=1S/C25H36N8O2S/c1-36-25-28-22(27-20-2-4-21(5-3-20)31-14-16-35-17-15-31)18-23(29-25)32-10-12-33(13-11-32)24(34)19-30-8-6-26-7-9-30/h2-5,18,26H,6-17,19H2,1H3,(H,27,28,29). The van der Waals surface area contributed by atoms with Crippen LogP contribution < -0.4 is 20.4 Å². The Morgan fingerprint density at radius 3 is 2.39 bits per heavy atom. The van der Waals surface area contributed by atoms with E-state index in [1.165, 1.54) is 17.4 Å². The SMILES string of the molecule is CSc1nc(Nc2ccc(N3CCOCC3)cc2)cc(N2CCN(C(=O)CN3CCNCC3)CC2)n1. The Balaban J connectivity index is 1.19. The number of ether oxygens (including phenoxy) is 1. The Morgan fingerprint density at radius 1 is 0.972 bits per heavy atom. The number of thioether (sulfide) groups is 1. The van der Waals surface area contributed by atoms with Gasteiger partial charge in [0, 0.05) is 82.9 Å². The monoisotopic (exact) mass is 512 g/mol. The third-order valence-electron chi connectivity index (χ3n) is 6.92. The third kappa shape index (κ3) is 6.39. The molecule has 4 heterocycles. The van der Waals surface area contributed by atoms with E-state index in [0.29, 0.717) is 6.54 Å². The molecule has 0 bridgehead atoms. The number of hydrogen-bond donors (Lipinski definition) is 2. The van der Waals surface area contributed by atoms with Crippen LogP contribution in [-0.2, 0) is 9.53 Å². The van der Waals surface area contributed by atoms with E-state index in [4.69, 9.17) is 9.72 Å². The lowest BCUT2D eigenvalue weighted by atomic mass is 10.2. The topological polar surface area (TPSA) is 89.1 Å². The van der Waals surface area contributed by atoms with Crippen LogP contribution in [0.25, 0.3) is 0 Å². The Hall–Kier alpha value is -2.60. The molecular formula is C25H36N8O2S. The number of aromatic nitrogens is 2. The smallest absolute Gasteiger partial charge is 0.236 e. The summed E-state index contributed by atoms with van der Waals surface area (Å²) >= 11 is 1.54. The predicted octanol–water partition coefficient (Wildman–Crippen LogP) is 1.33. The molecule has 0 atom stereocenters. The van der Waals surface area contributed by atoms with Gasteiger partial charge in [-0.2, -0.15) is 0 Å². The first-order valence-corrected chi connectivity index (χ1v) is 14.0. The highest BCUT2D eigenvalue weighted by Gasteiger charge is 2.24. The van der Waals surface area contributed by atoms with E-state index in [0.717, 1.165) is 101 Å². The van der Waals surface area contributed by atoms with Crippen molar-refractivity contribution < 1.29 is 9.53 Å². The van der Waals surface area contributed by atoms with Gasteiger partial charge in [-0.1, -0.05) is 11.8 Å². The van der Waals surface area contributed by atoms with Crippen molar-refractivity contribution in [2.45, 2.75) is 5.16 Å². The molecule has 0 unspecified atom stereocenters. The van der Waals surface area contributed by atoms with E-state index in [9.17, 15) is 4.79 Å². The second kappa shape index (κ2) is 12.1. The number of carbonyl (C=O) groups is 1. The average Bonchev–Trinajstić information content (AvgIpc) is 2.94. The van der Waals surface area contributed by atoms with Crippen LogP contribution in [0.3, 0.4) is 0 Å². The molecule has 3 aliphatic rings. The number of nitrogens with zero attached hydrogens (tertiary/aromatic N) is 6. The number of benzene rings is 1. The summed E-state index contributed by atoms with van der Waals surface area (Å²) < 4.78 is 5.46. The second-order valence-electron chi connectivity index (χ2n) is 9.26. The largest absolute Gasteiger partial charge is 0.378 e. The molecule has 1 aromatic heterocycles. The molecule has 2 aromatic rings. The lowest BCUT2D eigenvalue weighted by Crippen LogP contribution is -2.53. The first-order valence-electron chi connectivity index (χ1n) is 12.8. The highest BCUT2D eigenvalue weighted by atomic mass is 32.2. The van der Waals surface area contributed by atoms with Gasteiger partial charge in [-0.15, -0.1) is 0 Å². The van der Waals surface area contributed by atoms with Crippen molar-refractivity contribution >= 4 is 40.7 Å². The van der Waals surface area contributed by atoms with Gasteiger partial charge in [-0.3, -0.25) is 9.69 Å².